The molecule has 0 fully saturated rings. The summed E-state index contributed by atoms with van der Waals surface area (Å²) in [5, 5.41) is 0. The number of fused-ring (bicyclic) bond motifs is 5. The summed E-state index contributed by atoms with van der Waals surface area (Å²) in [6.45, 7) is 2.14. The Morgan fingerprint density at radius 3 is 1.07 bits per heavy atom. The number of hydrogen-bond donors (Lipinski definition) is 0. The summed E-state index contributed by atoms with van der Waals surface area (Å²) in [7, 11) is 0. The second-order valence-corrected chi connectivity index (χ2v) is 15.7. The van der Waals surface area contributed by atoms with Crippen molar-refractivity contribution in [1.29, 1.82) is 0 Å². The van der Waals surface area contributed by atoms with Crippen LogP contribution in [0.15, 0.2) is 231 Å². The molecule has 1 aliphatic carbocycles. The molecule has 0 amide bonds. The lowest BCUT2D eigenvalue weighted by Crippen LogP contribution is -2.34. The Hall–Kier alpha value is -7.42. The number of nitrogens with zero attached hydrogens (tertiary/aromatic N) is 1. The highest BCUT2D eigenvalue weighted by Crippen LogP contribution is 2.57. The molecule has 0 N–H and O–H groups in total. The average molecular weight is 756 g/mol. The van der Waals surface area contributed by atoms with Crippen LogP contribution in [-0.4, -0.2) is 0 Å². The quantitative estimate of drug-likeness (QED) is 0.161. The molecule has 0 saturated heterocycles. The van der Waals surface area contributed by atoms with Gasteiger partial charge in [0.15, 0.2) is 0 Å². The summed E-state index contributed by atoms with van der Waals surface area (Å²) in [6, 6.07) is 84.0. The fraction of sp³-hybridized carbons (Fsp3) is 0.0526. The first-order valence-corrected chi connectivity index (χ1v) is 20.4. The first-order valence-electron chi connectivity index (χ1n) is 20.4. The number of rotatable bonds is 7. The third kappa shape index (κ3) is 5.26. The van der Waals surface area contributed by atoms with Gasteiger partial charge in [-0.05, 0) is 100.0 Å². The first kappa shape index (κ1) is 34.8. The highest BCUT2D eigenvalue weighted by Gasteiger charge is 2.47. The molecule has 1 heterocycles. The van der Waals surface area contributed by atoms with Crippen molar-refractivity contribution in [2.45, 2.75) is 17.8 Å². The molecule has 11 rings (SSSR count). The second kappa shape index (κ2) is 13.9. The zero-order valence-electron chi connectivity index (χ0n) is 32.8. The predicted molar refractivity (Wildman–Crippen MR) is 242 cm³/mol. The molecule has 0 saturated carbocycles. The van der Waals surface area contributed by atoms with Crippen molar-refractivity contribution >= 4 is 17.1 Å². The molecule has 9 aromatic carbocycles. The largest absolute Gasteiger partial charge is 0.457 e. The molecule has 2 heteroatoms. The van der Waals surface area contributed by atoms with E-state index in [2.05, 4.69) is 242 Å². The first-order chi connectivity index (χ1) is 29.2. The van der Waals surface area contributed by atoms with Crippen LogP contribution in [0.4, 0.5) is 17.1 Å². The molecule has 0 radical (unpaired) electrons. The lowest BCUT2D eigenvalue weighted by atomic mass is 9.63. The van der Waals surface area contributed by atoms with Crippen molar-refractivity contribution < 1.29 is 4.74 Å². The fourth-order valence-electron chi connectivity index (χ4n) is 10.0. The summed E-state index contributed by atoms with van der Waals surface area (Å²) in [4.78, 5) is 2.37. The van der Waals surface area contributed by atoms with E-state index >= 15 is 0 Å². The average Bonchev–Trinajstić information content (AvgIpc) is 3.61. The van der Waals surface area contributed by atoms with E-state index in [1.54, 1.807) is 0 Å². The van der Waals surface area contributed by atoms with Crippen LogP contribution in [0.1, 0.15) is 50.1 Å². The van der Waals surface area contributed by atoms with Crippen molar-refractivity contribution in [2.75, 3.05) is 4.90 Å². The highest BCUT2D eigenvalue weighted by molar-refractivity contribution is 5.87. The molecule has 2 nitrogen and oxygen atoms in total. The van der Waals surface area contributed by atoms with Gasteiger partial charge in [0.2, 0.25) is 0 Å². The third-order valence-corrected chi connectivity index (χ3v) is 12.6. The normalized spacial score (nSPS) is 13.9. The van der Waals surface area contributed by atoms with Gasteiger partial charge in [0, 0.05) is 28.2 Å². The molecule has 0 spiro atoms. The fourth-order valence-corrected chi connectivity index (χ4v) is 10.0. The van der Waals surface area contributed by atoms with Crippen LogP contribution in [0.5, 0.6) is 11.5 Å². The van der Waals surface area contributed by atoms with Crippen LogP contribution in [0.3, 0.4) is 0 Å². The minimum absolute atomic E-state index is 0.453. The van der Waals surface area contributed by atoms with Gasteiger partial charge in [0.05, 0.1) is 10.8 Å². The van der Waals surface area contributed by atoms with E-state index in [-0.39, 0.29) is 0 Å². The topological polar surface area (TPSA) is 12.5 Å². The van der Waals surface area contributed by atoms with Crippen molar-refractivity contribution in [1.82, 2.24) is 0 Å². The van der Waals surface area contributed by atoms with Crippen molar-refractivity contribution in [2.24, 2.45) is 0 Å². The van der Waals surface area contributed by atoms with Crippen LogP contribution < -0.4 is 9.64 Å². The molecule has 0 atom stereocenters. The summed E-state index contributed by atoms with van der Waals surface area (Å²) in [6.07, 6.45) is 0. The van der Waals surface area contributed by atoms with Crippen LogP contribution in [0, 0.1) is 6.92 Å². The zero-order valence-corrected chi connectivity index (χ0v) is 32.8. The Bertz CT molecular complexity index is 2860. The van der Waals surface area contributed by atoms with Gasteiger partial charge in [-0.15, -0.1) is 0 Å². The SMILES string of the molecule is Cc1ccc(N(c2ccc(C3(c4ccccc4)c4ccccc4Oc4ccccc43)cc2)c2ccc(C3(c4ccccc4)c4ccccc4-c4ccccc43)cc2)cc1. The van der Waals surface area contributed by atoms with Crippen LogP contribution in [0.25, 0.3) is 11.1 Å². The van der Waals surface area contributed by atoms with Gasteiger partial charge in [-0.3, -0.25) is 0 Å². The van der Waals surface area contributed by atoms with E-state index < -0.39 is 10.8 Å². The monoisotopic (exact) mass is 755 g/mol. The Balaban J connectivity index is 1.07. The van der Waals surface area contributed by atoms with Gasteiger partial charge in [0.25, 0.3) is 0 Å². The second-order valence-electron chi connectivity index (χ2n) is 15.7. The van der Waals surface area contributed by atoms with Crippen LogP contribution in [0.2, 0.25) is 0 Å². The predicted octanol–water partition coefficient (Wildman–Crippen LogP) is 14.3. The molecule has 59 heavy (non-hydrogen) atoms. The number of hydrogen-bond acceptors (Lipinski definition) is 2. The maximum absolute atomic E-state index is 6.58. The molecular weight excluding hydrogens is 715 g/mol. The van der Waals surface area contributed by atoms with Crippen LogP contribution in [-0.2, 0) is 10.8 Å². The number of aryl methyl sites for hydroxylation is 1. The minimum Gasteiger partial charge on any atom is -0.457 e. The van der Waals surface area contributed by atoms with Crippen molar-refractivity contribution in [3.63, 3.8) is 0 Å². The minimum atomic E-state index is -0.582. The molecule has 0 aromatic heterocycles. The van der Waals surface area contributed by atoms with E-state index in [0.717, 1.165) is 39.7 Å². The Morgan fingerprint density at radius 1 is 0.305 bits per heavy atom. The summed E-state index contributed by atoms with van der Waals surface area (Å²) in [5.41, 5.74) is 15.8. The number of ether oxygens (including phenoxy) is 1. The summed E-state index contributed by atoms with van der Waals surface area (Å²) < 4.78 is 6.58. The van der Waals surface area contributed by atoms with Crippen molar-refractivity contribution in [3.8, 4) is 22.6 Å². The van der Waals surface area contributed by atoms with E-state index in [0.29, 0.717) is 0 Å². The summed E-state index contributed by atoms with van der Waals surface area (Å²) >= 11 is 0. The molecule has 0 unspecified atom stereocenters. The highest BCUT2D eigenvalue weighted by atomic mass is 16.5. The molecule has 1 aliphatic heterocycles. The number of anilines is 3. The Labute approximate surface area is 346 Å². The lowest BCUT2D eigenvalue weighted by Gasteiger charge is -2.41. The molecule has 280 valence electrons. The zero-order chi connectivity index (χ0) is 39.4. The van der Waals surface area contributed by atoms with Gasteiger partial charge in [-0.25, -0.2) is 0 Å². The number of benzene rings is 9. The van der Waals surface area contributed by atoms with Gasteiger partial charge in [0.1, 0.15) is 11.5 Å². The Morgan fingerprint density at radius 2 is 0.627 bits per heavy atom. The third-order valence-electron chi connectivity index (χ3n) is 12.6. The van der Waals surface area contributed by atoms with E-state index in [9.17, 15) is 0 Å². The molecule has 0 bridgehead atoms. The van der Waals surface area contributed by atoms with Gasteiger partial charge in [-0.1, -0.05) is 188 Å². The molecular formula is C57H41NO. The van der Waals surface area contributed by atoms with Gasteiger partial charge in [-0.2, -0.15) is 0 Å². The Kier molecular flexibility index (Phi) is 8.20. The van der Waals surface area contributed by atoms with Crippen molar-refractivity contribution in [3.05, 3.63) is 281 Å². The molecule has 2 aliphatic rings. The van der Waals surface area contributed by atoms with Crippen LogP contribution >= 0.6 is 0 Å². The van der Waals surface area contributed by atoms with Gasteiger partial charge >= 0.3 is 0 Å². The standard InChI is InChI=1S/C57H41NO/c1-40-28-34-45(35-29-40)58(46-36-30-43(31-37-46)56(41-16-4-2-5-17-41)50-22-10-8-20-48(50)49-21-9-11-23-51(49)56)47-38-32-44(33-39-47)57(42-18-6-3-7-19-42)52-24-12-14-26-54(52)59-55-27-15-13-25-53(55)57/h2-39H,1H3. The maximum atomic E-state index is 6.58. The maximum Gasteiger partial charge on any atom is 0.132 e. The number of para-hydroxylation sites is 2. The summed E-state index contributed by atoms with van der Waals surface area (Å²) in [5.74, 6) is 1.75. The smallest absolute Gasteiger partial charge is 0.132 e. The molecule has 9 aromatic rings. The van der Waals surface area contributed by atoms with E-state index in [1.165, 1.54) is 50.1 Å². The van der Waals surface area contributed by atoms with E-state index in [1.807, 2.05) is 0 Å². The van der Waals surface area contributed by atoms with Gasteiger partial charge < -0.3 is 9.64 Å². The lowest BCUT2D eigenvalue weighted by molar-refractivity contribution is 0.434. The van der Waals surface area contributed by atoms with E-state index in [4.69, 9.17) is 4.74 Å².